The number of carbonyl (C=O) groups excluding carboxylic acids is 1. The summed E-state index contributed by atoms with van der Waals surface area (Å²) in [5.41, 5.74) is -0.608. The number of hydrogen-bond donors (Lipinski definition) is 0. The second kappa shape index (κ2) is 4.66. The maximum absolute atomic E-state index is 12.8. The number of alkyl halides is 3. The molecule has 1 aliphatic heterocycles. The monoisotopic (exact) mass is 260 g/mol. The van der Waals surface area contributed by atoms with Crippen molar-refractivity contribution in [2.75, 3.05) is 13.1 Å². The summed E-state index contributed by atoms with van der Waals surface area (Å²) in [7, 11) is 0. The van der Waals surface area contributed by atoms with Gasteiger partial charge in [0.05, 0.1) is 0 Å². The minimum Gasteiger partial charge on any atom is -0.343 e. The highest BCUT2D eigenvalue weighted by Crippen LogP contribution is 2.34. The van der Waals surface area contributed by atoms with Crippen LogP contribution in [-0.2, 0) is 11.0 Å². The van der Waals surface area contributed by atoms with E-state index < -0.39 is 11.9 Å². The van der Waals surface area contributed by atoms with Crippen LogP contribution in [0.2, 0.25) is 0 Å². The minimum atomic E-state index is -4.32. The summed E-state index contributed by atoms with van der Waals surface area (Å²) in [6.07, 6.45) is -1.72. The lowest BCUT2D eigenvalue weighted by Crippen LogP contribution is -2.38. The Morgan fingerprint density at radius 2 is 1.94 bits per heavy atom. The van der Waals surface area contributed by atoms with Gasteiger partial charge in [-0.25, -0.2) is 0 Å². The summed E-state index contributed by atoms with van der Waals surface area (Å²) in [5.74, 6) is -0.0167. The predicted octanol–water partition coefficient (Wildman–Crippen LogP) is 2.69. The van der Waals surface area contributed by atoms with Crippen LogP contribution in [0.1, 0.15) is 31.5 Å². The van der Waals surface area contributed by atoms with Gasteiger partial charge in [-0.05, 0) is 25.0 Å². The maximum Gasteiger partial charge on any atom is 0.431 e. The number of piperidine rings is 1. The molecule has 0 aliphatic carbocycles. The molecule has 100 valence electrons. The fourth-order valence-corrected chi connectivity index (χ4v) is 2.41. The topological polar surface area (TPSA) is 25.2 Å². The molecule has 1 aromatic rings. The Balaban J connectivity index is 2.11. The van der Waals surface area contributed by atoms with E-state index in [0.717, 1.165) is 6.07 Å². The van der Waals surface area contributed by atoms with Crippen LogP contribution in [0, 0.1) is 0 Å². The first-order valence-electron chi connectivity index (χ1n) is 5.89. The van der Waals surface area contributed by atoms with Crippen LogP contribution in [0.5, 0.6) is 0 Å². The third-order valence-corrected chi connectivity index (χ3v) is 3.37. The van der Waals surface area contributed by atoms with E-state index in [4.69, 9.17) is 0 Å². The maximum atomic E-state index is 12.8. The van der Waals surface area contributed by atoms with E-state index in [9.17, 15) is 18.0 Å². The molecule has 0 N–H and O–H groups in total. The first-order valence-corrected chi connectivity index (χ1v) is 5.89. The SMILES string of the molecule is CC(=O)N1CCC(n2cccc2C(F)(F)F)CC1. The molecule has 1 aliphatic rings. The standard InChI is InChI=1S/C12H15F3N2O/c1-9(18)16-7-4-10(5-8-16)17-6-2-3-11(17)12(13,14)15/h2-3,6,10H,4-5,7-8H2,1H3. The van der Waals surface area contributed by atoms with Gasteiger partial charge in [0.2, 0.25) is 5.91 Å². The van der Waals surface area contributed by atoms with Crippen LogP contribution in [0.25, 0.3) is 0 Å². The number of nitrogens with zero attached hydrogens (tertiary/aromatic N) is 2. The van der Waals surface area contributed by atoms with Crippen LogP contribution < -0.4 is 0 Å². The van der Waals surface area contributed by atoms with Crippen molar-refractivity contribution in [3.63, 3.8) is 0 Å². The molecular formula is C12H15F3N2O. The fourth-order valence-electron chi connectivity index (χ4n) is 2.41. The molecule has 0 radical (unpaired) electrons. The average molecular weight is 260 g/mol. The van der Waals surface area contributed by atoms with Gasteiger partial charge in [0.25, 0.3) is 0 Å². The van der Waals surface area contributed by atoms with E-state index in [0.29, 0.717) is 25.9 Å². The van der Waals surface area contributed by atoms with Crippen molar-refractivity contribution in [3.05, 3.63) is 24.0 Å². The molecule has 3 nitrogen and oxygen atoms in total. The molecule has 1 saturated heterocycles. The molecule has 0 bridgehead atoms. The Labute approximate surface area is 103 Å². The van der Waals surface area contributed by atoms with Gasteiger partial charge in [-0.15, -0.1) is 0 Å². The van der Waals surface area contributed by atoms with E-state index >= 15 is 0 Å². The smallest absolute Gasteiger partial charge is 0.343 e. The number of aromatic nitrogens is 1. The van der Waals surface area contributed by atoms with Crippen LogP contribution >= 0.6 is 0 Å². The quantitative estimate of drug-likeness (QED) is 0.762. The molecule has 0 spiro atoms. The van der Waals surface area contributed by atoms with Crippen molar-refractivity contribution < 1.29 is 18.0 Å². The van der Waals surface area contributed by atoms with E-state index in [-0.39, 0.29) is 11.9 Å². The molecular weight excluding hydrogens is 245 g/mol. The lowest BCUT2D eigenvalue weighted by molar-refractivity contribution is -0.145. The zero-order valence-corrected chi connectivity index (χ0v) is 10.1. The molecule has 0 unspecified atom stereocenters. The lowest BCUT2D eigenvalue weighted by Gasteiger charge is -2.33. The first-order chi connectivity index (χ1) is 8.39. The molecule has 1 fully saturated rings. The van der Waals surface area contributed by atoms with Gasteiger partial charge in [-0.2, -0.15) is 13.2 Å². The Kier molecular flexibility index (Phi) is 3.36. The van der Waals surface area contributed by atoms with E-state index in [1.54, 1.807) is 4.90 Å². The Hall–Kier alpha value is -1.46. The third-order valence-electron chi connectivity index (χ3n) is 3.37. The average Bonchev–Trinajstić information content (AvgIpc) is 2.77. The van der Waals surface area contributed by atoms with Crippen molar-refractivity contribution in [2.45, 2.75) is 32.0 Å². The van der Waals surface area contributed by atoms with Crippen LogP contribution in [-0.4, -0.2) is 28.5 Å². The van der Waals surface area contributed by atoms with Gasteiger partial charge in [0.15, 0.2) is 0 Å². The highest BCUT2D eigenvalue weighted by Gasteiger charge is 2.36. The Bertz CT molecular complexity index is 431. The third kappa shape index (κ3) is 2.52. The normalized spacial score (nSPS) is 18.1. The fraction of sp³-hybridized carbons (Fsp3) is 0.583. The van der Waals surface area contributed by atoms with Crippen molar-refractivity contribution in [2.24, 2.45) is 0 Å². The van der Waals surface area contributed by atoms with Crippen LogP contribution in [0.3, 0.4) is 0 Å². The Morgan fingerprint density at radius 1 is 1.33 bits per heavy atom. The number of likely N-dealkylation sites (tertiary alicyclic amines) is 1. The van der Waals surface area contributed by atoms with Crippen molar-refractivity contribution in [1.82, 2.24) is 9.47 Å². The number of amides is 1. The van der Waals surface area contributed by atoms with Crippen LogP contribution in [0.15, 0.2) is 18.3 Å². The molecule has 2 rings (SSSR count). The zero-order valence-electron chi connectivity index (χ0n) is 10.1. The van der Waals surface area contributed by atoms with Crippen molar-refractivity contribution >= 4 is 5.91 Å². The van der Waals surface area contributed by atoms with Gasteiger partial charge in [-0.3, -0.25) is 4.79 Å². The summed E-state index contributed by atoms with van der Waals surface area (Å²) in [5, 5.41) is 0. The molecule has 0 saturated carbocycles. The molecule has 18 heavy (non-hydrogen) atoms. The number of rotatable bonds is 1. The highest BCUT2D eigenvalue weighted by atomic mass is 19.4. The molecule has 6 heteroatoms. The van der Waals surface area contributed by atoms with Gasteiger partial charge in [-0.1, -0.05) is 0 Å². The molecule has 1 aromatic heterocycles. The summed E-state index contributed by atoms with van der Waals surface area (Å²) >= 11 is 0. The van der Waals surface area contributed by atoms with Gasteiger partial charge in [0.1, 0.15) is 5.69 Å². The largest absolute Gasteiger partial charge is 0.431 e. The minimum absolute atomic E-state index is 0.0167. The molecule has 2 heterocycles. The van der Waals surface area contributed by atoms with Crippen molar-refractivity contribution in [1.29, 1.82) is 0 Å². The van der Waals surface area contributed by atoms with Crippen molar-refractivity contribution in [3.8, 4) is 0 Å². The number of halogens is 3. The number of carbonyl (C=O) groups is 1. The van der Waals surface area contributed by atoms with E-state index in [2.05, 4.69) is 0 Å². The van der Waals surface area contributed by atoms with Gasteiger partial charge < -0.3 is 9.47 Å². The zero-order chi connectivity index (χ0) is 13.3. The lowest BCUT2D eigenvalue weighted by atomic mass is 10.0. The Morgan fingerprint density at radius 3 is 2.44 bits per heavy atom. The molecule has 1 amide bonds. The van der Waals surface area contributed by atoms with Crippen LogP contribution in [0.4, 0.5) is 13.2 Å². The first kappa shape index (κ1) is 13.0. The second-order valence-electron chi connectivity index (χ2n) is 4.54. The molecule has 0 atom stereocenters. The predicted molar refractivity (Wildman–Crippen MR) is 60.0 cm³/mol. The highest BCUT2D eigenvalue weighted by molar-refractivity contribution is 5.73. The van der Waals surface area contributed by atoms with Gasteiger partial charge >= 0.3 is 6.18 Å². The summed E-state index contributed by atoms with van der Waals surface area (Å²) < 4.78 is 39.6. The summed E-state index contributed by atoms with van der Waals surface area (Å²) in [6, 6.07) is 2.34. The van der Waals surface area contributed by atoms with E-state index in [1.165, 1.54) is 23.8 Å². The van der Waals surface area contributed by atoms with Gasteiger partial charge in [0, 0.05) is 32.3 Å². The summed E-state index contributed by atoms with van der Waals surface area (Å²) in [4.78, 5) is 12.8. The summed E-state index contributed by atoms with van der Waals surface area (Å²) in [6.45, 7) is 2.53. The van der Waals surface area contributed by atoms with E-state index in [1.807, 2.05) is 0 Å². The molecule has 0 aromatic carbocycles. The second-order valence-corrected chi connectivity index (χ2v) is 4.54. The number of hydrogen-bond acceptors (Lipinski definition) is 1.